The number of carbonyl (C=O) groups is 2. The summed E-state index contributed by atoms with van der Waals surface area (Å²) in [5.74, 6) is -0.341. The Morgan fingerprint density at radius 1 is 1.09 bits per heavy atom. The zero-order valence-electron chi connectivity index (χ0n) is 18.6. The van der Waals surface area contributed by atoms with Gasteiger partial charge in [0.25, 0.3) is 0 Å². The summed E-state index contributed by atoms with van der Waals surface area (Å²) in [7, 11) is -1.34. The summed E-state index contributed by atoms with van der Waals surface area (Å²) in [6, 6.07) is 0.202. The molecule has 0 amide bonds. The fourth-order valence-electron chi connectivity index (χ4n) is 5.09. The Morgan fingerprint density at radius 2 is 1.81 bits per heavy atom. The average molecular weight is 499 g/mol. The van der Waals surface area contributed by atoms with E-state index in [1.165, 1.54) is 6.92 Å². The first kappa shape index (κ1) is 29.3. The molecule has 32 heavy (non-hydrogen) atoms. The standard InChI is InChI=1S/C20H35BN2O7.2ClH/c1-14(29-19(25)30-15-7-3-2-4-8-15)28-18(24)20(10-5-6-11-21(26)27)16-9-12-22-17(16)13-23-20;;/h14-17,22-23,26-27H,2-13H2,1H3;2*1H/t14?,16-,17-,20+;;/m0../s1. The van der Waals surface area contributed by atoms with E-state index in [0.717, 1.165) is 45.1 Å². The second-order valence-electron chi connectivity index (χ2n) is 8.75. The molecule has 12 heteroatoms. The van der Waals surface area contributed by atoms with E-state index in [-0.39, 0.29) is 49.2 Å². The molecule has 1 saturated carbocycles. The zero-order chi connectivity index (χ0) is 21.6. The number of nitrogens with one attached hydrogen (secondary N) is 2. The van der Waals surface area contributed by atoms with Crippen LogP contribution in [0.2, 0.25) is 6.32 Å². The molecule has 1 aliphatic carbocycles. The number of carbonyl (C=O) groups excluding carboxylic acids is 2. The first-order valence-corrected chi connectivity index (χ1v) is 11.3. The zero-order valence-corrected chi connectivity index (χ0v) is 20.3. The number of hydrogen-bond donors (Lipinski definition) is 4. The maximum atomic E-state index is 13.2. The Hall–Kier alpha value is -0.775. The lowest BCUT2D eigenvalue weighted by Gasteiger charge is -2.33. The summed E-state index contributed by atoms with van der Waals surface area (Å²) < 4.78 is 16.1. The molecule has 1 unspecified atom stereocenters. The van der Waals surface area contributed by atoms with E-state index < -0.39 is 31.1 Å². The third-order valence-corrected chi connectivity index (χ3v) is 6.62. The number of fused-ring (bicyclic) bond motifs is 1. The summed E-state index contributed by atoms with van der Waals surface area (Å²) in [5.41, 5.74) is -0.862. The van der Waals surface area contributed by atoms with E-state index >= 15 is 0 Å². The van der Waals surface area contributed by atoms with Crippen molar-refractivity contribution in [3.05, 3.63) is 0 Å². The van der Waals surface area contributed by atoms with Gasteiger partial charge >= 0.3 is 19.2 Å². The highest BCUT2D eigenvalue weighted by Gasteiger charge is 2.55. The van der Waals surface area contributed by atoms with Crippen LogP contribution in [-0.4, -0.2) is 66.4 Å². The van der Waals surface area contributed by atoms with E-state index in [1.807, 2.05) is 0 Å². The van der Waals surface area contributed by atoms with Crippen molar-refractivity contribution in [2.24, 2.45) is 5.92 Å². The predicted octanol–water partition coefficient (Wildman–Crippen LogP) is 2.17. The van der Waals surface area contributed by atoms with Crippen molar-refractivity contribution in [1.82, 2.24) is 10.6 Å². The lowest BCUT2D eigenvalue weighted by molar-refractivity contribution is -0.178. The maximum Gasteiger partial charge on any atom is 0.511 e. The highest BCUT2D eigenvalue weighted by molar-refractivity contribution is 6.40. The van der Waals surface area contributed by atoms with Crippen LogP contribution in [-0.2, 0) is 19.0 Å². The van der Waals surface area contributed by atoms with Crippen molar-refractivity contribution in [3.8, 4) is 0 Å². The van der Waals surface area contributed by atoms with E-state index in [1.54, 1.807) is 0 Å². The SMILES string of the molecule is CC(OC(=O)OC1CCCCC1)OC(=O)[C@]1(CCCCB(O)O)NC[C@@H]2NCC[C@@H]21.Cl.Cl. The summed E-state index contributed by atoms with van der Waals surface area (Å²) in [4.78, 5) is 25.2. The molecule has 0 aromatic carbocycles. The van der Waals surface area contributed by atoms with Crippen LogP contribution >= 0.6 is 24.8 Å². The minimum absolute atomic E-state index is 0. The number of hydrogen-bond acceptors (Lipinski definition) is 9. The molecule has 4 atom stereocenters. The van der Waals surface area contributed by atoms with Gasteiger partial charge in [0.15, 0.2) is 0 Å². The molecular formula is C20H37BCl2N2O7. The van der Waals surface area contributed by atoms with Crippen LogP contribution in [0.25, 0.3) is 0 Å². The molecule has 0 radical (unpaired) electrons. The topological polar surface area (TPSA) is 126 Å². The summed E-state index contributed by atoms with van der Waals surface area (Å²) in [6.45, 7) is 3.04. The predicted molar refractivity (Wildman–Crippen MR) is 124 cm³/mol. The molecule has 3 aliphatic rings. The summed E-state index contributed by atoms with van der Waals surface area (Å²) >= 11 is 0. The minimum atomic E-state index is -1.34. The third-order valence-electron chi connectivity index (χ3n) is 6.62. The van der Waals surface area contributed by atoms with Crippen LogP contribution in [0.1, 0.15) is 64.7 Å². The molecule has 186 valence electrons. The first-order valence-electron chi connectivity index (χ1n) is 11.3. The monoisotopic (exact) mass is 498 g/mol. The fraction of sp³-hybridized carbons (Fsp3) is 0.900. The lowest BCUT2D eigenvalue weighted by atomic mass is 9.77. The Morgan fingerprint density at radius 3 is 2.50 bits per heavy atom. The van der Waals surface area contributed by atoms with Gasteiger partial charge in [-0.05, 0) is 51.4 Å². The Balaban J connectivity index is 0.00000256. The van der Waals surface area contributed by atoms with Gasteiger partial charge in [0.05, 0.1) is 0 Å². The minimum Gasteiger partial charge on any atom is -0.431 e. The number of unbranched alkanes of at least 4 members (excludes halogenated alkanes) is 1. The van der Waals surface area contributed by atoms with E-state index in [9.17, 15) is 9.59 Å². The van der Waals surface area contributed by atoms with Crippen LogP contribution in [0.15, 0.2) is 0 Å². The van der Waals surface area contributed by atoms with Gasteiger partial charge in [-0.3, -0.25) is 0 Å². The van der Waals surface area contributed by atoms with Crippen molar-refractivity contribution < 1.29 is 33.8 Å². The molecule has 0 aromatic heterocycles. The van der Waals surface area contributed by atoms with E-state index in [4.69, 9.17) is 24.3 Å². The quantitative estimate of drug-likeness (QED) is 0.164. The molecule has 0 bridgehead atoms. The number of ether oxygens (including phenoxy) is 3. The number of esters is 1. The second-order valence-corrected chi connectivity index (χ2v) is 8.75. The Bertz CT molecular complexity index is 598. The Labute approximate surface area is 202 Å². The van der Waals surface area contributed by atoms with Gasteiger partial charge in [-0.2, -0.15) is 0 Å². The van der Waals surface area contributed by atoms with Gasteiger partial charge in [-0.15, -0.1) is 24.8 Å². The summed E-state index contributed by atoms with van der Waals surface area (Å²) in [6.07, 6.45) is 5.87. The maximum absolute atomic E-state index is 13.2. The molecule has 3 fully saturated rings. The van der Waals surface area contributed by atoms with E-state index in [2.05, 4.69) is 10.6 Å². The number of rotatable bonds is 9. The van der Waals surface area contributed by atoms with Crippen molar-refractivity contribution in [2.75, 3.05) is 13.1 Å². The largest absolute Gasteiger partial charge is 0.511 e. The molecule has 0 spiro atoms. The van der Waals surface area contributed by atoms with Gasteiger partial charge in [0, 0.05) is 25.4 Å². The second kappa shape index (κ2) is 13.8. The highest BCUT2D eigenvalue weighted by atomic mass is 35.5. The van der Waals surface area contributed by atoms with Crippen molar-refractivity contribution >= 4 is 44.1 Å². The Kier molecular flexibility index (Phi) is 12.6. The van der Waals surface area contributed by atoms with Crippen molar-refractivity contribution in [1.29, 1.82) is 0 Å². The van der Waals surface area contributed by atoms with Crippen LogP contribution in [0.3, 0.4) is 0 Å². The molecule has 2 saturated heterocycles. The van der Waals surface area contributed by atoms with Gasteiger partial charge in [0.1, 0.15) is 11.6 Å². The molecular weight excluding hydrogens is 462 g/mol. The van der Waals surface area contributed by atoms with Crippen LogP contribution in [0, 0.1) is 5.92 Å². The summed E-state index contributed by atoms with van der Waals surface area (Å²) in [5, 5.41) is 24.9. The molecule has 2 heterocycles. The van der Waals surface area contributed by atoms with Crippen LogP contribution in [0.5, 0.6) is 0 Å². The van der Waals surface area contributed by atoms with Gasteiger partial charge in [-0.25, -0.2) is 9.59 Å². The van der Waals surface area contributed by atoms with Crippen LogP contribution < -0.4 is 10.6 Å². The number of halogens is 2. The van der Waals surface area contributed by atoms with E-state index in [0.29, 0.717) is 25.8 Å². The first-order chi connectivity index (χ1) is 14.4. The highest BCUT2D eigenvalue weighted by Crippen LogP contribution is 2.38. The average Bonchev–Trinajstić information content (AvgIpc) is 3.29. The third kappa shape index (κ3) is 7.63. The molecule has 3 rings (SSSR count). The van der Waals surface area contributed by atoms with Gasteiger partial charge < -0.3 is 34.9 Å². The fourth-order valence-corrected chi connectivity index (χ4v) is 5.09. The molecule has 2 aliphatic heterocycles. The van der Waals surface area contributed by atoms with Crippen molar-refractivity contribution in [3.63, 3.8) is 0 Å². The normalized spacial score (nSPS) is 28.0. The lowest BCUT2D eigenvalue weighted by Crippen LogP contribution is -2.54. The molecule has 9 nitrogen and oxygen atoms in total. The smallest absolute Gasteiger partial charge is 0.431 e. The van der Waals surface area contributed by atoms with Gasteiger partial charge in [0.2, 0.25) is 6.29 Å². The van der Waals surface area contributed by atoms with Crippen LogP contribution in [0.4, 0.5) is 4.79 Å². The van der Waals surface area contributed by atoms with Crippen molar-refractivity contribution in [2.45, 2.75) is 95.0 Å². The molecule has 4 N–H and O–H groups in total. The van der Waals surface area contributed by atoms with Gasteiger partial charge in [-0.1, -0.05) is 19.3 Å². The molecule has 0 aromatic rings.